The molecule has 0 saturated carbocycles. The second-order valence-electron chi connectivity index (χ2n) is 2.91. The predicted molar refractivity (Wildman–Crippen MR) is 52.5 cm³/mol. The van der Waals surface area contributed by atoms with Crippen LogP contribution in [0.25, 0.3) is 0 Å². The summed E-state index contributed by atoms with van der Waals surface area (Å²) in [6.45, 7) is 0.517. The van der Waals surface area contributed by atoms with E-state index >= 15 is 0 Å². The standard InChI is InChI=1S/C9H10N4O2/c1-13(4-2-3-10)9-11-5-7(6-12-9)8(14)15/h5-6H,2,4H2,1H3,(H,14,15). The van der Waals surface area contributed by atoms with Gasteiger partial charge in [0.05, 0.1) is 18.1 Å². The highest BCUT2D eigenvalue weighted by molar-refractivity contribution is 5.86. The van der Waals surface area contributed by atoms with Gasteiger partial charge in [0.15, 0.2) is 0 Å². The number of carboxylic acid groups (broad SMARTS) is 1. The molecule has 1 aromatic rings. The molecule has 0 aromatic carbocycles. The number of hydrogen-bond acceptors (Lipinski definition) is 5. The first-order chi connectivity index (χ1) is 7.15. The van der Waals surface area contributed by atoms with E-state index < -0.39 is 5.97 Å². The number of hydrogen-bond donors (Lipinski definition) is 1. The lowest BCUT2D eigenvalue weighted by Crippen LogP contribution is -2.20. The number of aromatic carboxylic acids is 1. The zero-order chi connectivity index (χ0) is 11.3. The smallest absolute Gasteiger partial charge is 0.338 e. The van der Waals surface area contributed by atoms with E-state index in [1.165, 1.54) is 12.4 Å². The van der Waals surface area contributed by atoms with E-state index in [4.69, 9.17) is 10.4 Å². The fourth-order valence-electron chi connectivity index (χ4n) is 0.946. The molecule has 0 fully saturated rings. The van der Waals surface area contributed by atoms with Crippen LogP contribution in [0.4, 0.5) is 5.95 Å². The largest absolute Gasteiger partial charge is 0.478 e. The topological polar surface area (TPSA) is 90.1 Å². The van der Waals surface area contributed by atoms with Gasteiger partial charge in [-0.1, -0.05) is 0 Å². The molecule has 0 atom stereocenters. The first kappa shape index (κ1) is 10.9. The maximum Gasteiger partial charge on any atom is 0.338 e. The lowest BCUT2D eigenvalue weighted by Gasteiger charge is -2.14. The van der Waals surface area contributed by atoms with Gasteiger partial charge in [0.1, 0.15) is 0 Å². The van der Waals surface area contributed by atoms with Crippen LogP contribution >= 0.6 is 0 Å². The van der Waals surface area contributed by atoms with Crippen molar-refractivity contribution in [3.05, 3.63) is 18.0 Å². The third-order valence-corrected chi connectivity index (χ3v) is 1.79. The molecule has 6 heteroatoms. The molecule has 0 aliphatic rings. The summed E-state index contributed by atoms with van der Waals surface area (Å²) < 4.78 is 0. The highest BCUT2D eigenvalue weighted by atomic mass is 16.4. The van der Waals surface area contributed by atoms with Gasteiger partial charge in [-0.15, -0.1) is 0 Å². The van der Waals surface area contributed by atoms with Crippen LogP contribution in [0, 0.1) is 11.3 Å². The number of rotatable bonds is 4. The van der Waals surface area contributed by atoms with Crippen molar-refractivity contribution in [1.29, 1.82) is 5.26 Å². The van der Waals surface area contributed by atoms with Gasteiger partial charge in [0, 0.05) is 26.0 Å². The maximum atomic E-state index is 10.5. The Bertz CT molecular complexity index is 382. The lowest BCUT2D eigenvalue weighted by atomic mass is 10.3. The Balaban J connectivity index is 2.71. The van der Waals surface area contributed by atoms with Crippen molar-refractivity contribution >= 4 is 11.9 Å². The van der Waals surface area contributed by atoms with Gasteiger partial charge in [-0.3, -0.25) is 0 Å². The normalized spacial score (nSPS) is 9.33. The van der Waals surface area contributed by atoms with Crippen molar-refractivity contribution in [2.45, 2.75) is 6.42 Å². The minimum atomic E-state index is -1.05. The molecular formula is C9H10N4O2. The minimum Gasteiger partial charge on any atom is -0.478 e. The van der Waals surface area contributed by atoms with Crippen LogP contribution in [0.3, 0.4) is 0 Å². The highest BCUT2D eigenvalue weighted by Gasteiger charge is 2.06. The third kappa shape index (κ3) is 2.91. The van der Waals surface area contributed by atoms with Crippen LogP contribution in [0.1, 0.15) is 16.8 Å². The Hall–Kier alpha value is -2.16. The summed E-state index contributed by atoms with van der Waals surface area (Å²) in [5, 5.41) is 17.0. The average Bonchev–Trinajstić information content (AvgIpc) is 2.26. The van der Waals surface area contributed by atoms with Crippen LogP contribution in [0.2, 0.25) is 0 Å². The lowest BCUT2D eigenvalue weighted by molar-refractivity contribution is 0.0696. The molecule has 1 aromatic heterocycles. The zero-order valence-corrected chi connectivity index (χ0v) is 8.21. The predicted octanol–water partition coefficient (Wildman–Crippen LogP) is 0.525. The summed E-state index contributed by atoms with van der Waals surface area (Å²) in [5.74, 6) is -0.642. The summed E-state index contributed by atoms with van der Waals surface area (Å²) in [7, 11) is 1.74. The number of anilines is 1. The van der Waals surface area contributed by atoms with Crippen molar-refractivity contribution in [1.82, 2.24) is 9.97 Å². The van der Waals surface area contributed by atoms with Gasteiger partial charge in [0.2, 0.25) is 5.95 Å². The minimum absolute atomic E-state index is 0.0485. The van der Waals surface area contributed by atoms with E-state index in [2.05, 4.69) is 9.97 Å². The van der Waals surface area contributed by atoms with Gasteiger partial charge >= 0.3 is 5.97 Å². The van der Waals surface area contributed by atoms with E-state index in [9.17, 15) is 4.79 Å². The van der Waals surface area contributed by atoms with Crippen LogP contribution < -0.4 is 4.90 Å². The van der Waals surface area contributed by atoms with E-state index in [1.54, 1.807) is 11.9 Å². The first-order valence-corrected chi connectivity index (χ1v) is 4.28. The molecule has 1 heterocycles. The molecule has 1 N–H and O–H groups in total. The van der Waals surface area contributed by atoms with Crippen LogP contribution in [0.15, 0.2) is 12.4 Å². The molecule has 0 bridgehead atoms. The van der Waals surface area contributed by atoms with Crippen LogP contribution in [0.5, 0.6) is 0 Å². The summed E-state index contributed by atoms with van der Waals surface area (Å²) in [5.41, 5.74) is 0.0485. The van der Waals surface area contributed by atoms with E-state index in [1.807, 2.05) is 6.07 Å². The molecule has 0 spiro atoms. The number of aromatic nitrogens is 2. The molecular weight excluding hydrogens is 196 g/mol. The third-order valence-electron chi connectivity index (χ3n) is 1.79. The van der Waals surface area contributed by atoms with E-state index in [0.717, 1.165) is 0 Å². The van der Waals surface area contributed by atoms with Gasteiger partial charge in [-0.25, -0.2) is 14.8 Å². The summed E-state index contributed by atoms with van der Waals surface area (Å²) in [4.78, 5) is 20.0. The van der Waals surface area contributed by atoms with Crippen molar-refractivity contribution < 1.29 is 9.90 Å². The molecule has 0 aliphatic heterocycles. The second-order valence-corrected chi connectivity index (χ2v) is 2.91. The van der Waals surface area contributed by atoms with Crippen LogP contribution in [-0.4, -0.2) is 34.6 Å². The Morgan fingerprint density at radius 1 is 1.60 bits per heavy atom. The number of carbonyl (C=O) groups is 1. The monoisotopic (exact) mass is 206 g/mol. The SMILES string of the molecule is CN(CCC#N)c1ncc(C(=O)O)cn1. The van der Waals surface area contributed by atoms with Crippen molar-refractivity contribution in [2.24, 2.45) is 0 Å². The molecule has 0 radical (unpaired) electrons. The Morgan fingerprint density at radius 3 is 2.67 bits per heavy atom. The van der Waals surface area contributed by atoms with Gasteiger partial charge in [-0.2, -0.15) is 5.26 Å². The van der Waals surface area contributed by atoms with E-state index in [0.29, 0.717) is 18.9 Å². The Morgan fingerprint density at radius 2 is 2.20 bits per heavy atom. The number of nitriles is 1. The summed E-state index contributed by atoms with van der Waals surface area (Å²) in [6, 6.07) is 2.01. The molecule has 0 aliphatic carbocycles. The summed E-state index contributed by atoms with van der Waals surface area (Å²) >= 11 is 0. The Labute approximate surface area is 86.8 Å². The molecule has 15 heavy (non-hydrogen) atoms. The number of carboxylic acids is 1. The van der Waals surface area contributed by atoms with Crippen molar-refractivity contribution in [3.63, 3.8) is 0 Å². The molecule has 0 unspecified atom stereocenters. The summed E-state index contributed by atoms with van der Waals surface area (Å²) in [6.07, 6.45) is 2.86. The van der Waals surface area contributed by atoms with Gasteiger partial charge in [-0.05, 0) is 0 Å². The molecule has 78 valence electrons. The Kier molecular flexibility index (Phi) is 3.57. The highest BCUT2D eigenvalue weighted by Crippen LogP contribution is 2.05. The molecule has 0 saturated heterocycles. The number of nitrogens with zero attached hydrogens (tertiary/aromatic N) is 4. The molecule has 6 nitrogen and oxygen atoms in total. The average molecular weight is 206 g/mol. The zero-order valence-electron chi connectivity index (χ0n) is 8.21. The first-order valence-electron chi connectivity index (χ1n) is 4.28. The van der Waals surface area contributed by atoms with Crippen molar-refractivity contribution in [3.8, 4) is 6.07 Å². The quantitative estimate of drug-likeness (QED) is 0.772. The molecule has 0 amide bonds. The van der Waals surface area contributed by atoms with E-state index in [-0.39, 0.29) is 5.56 Å². The fraction of sp³-hybridized carbons (Fsp3) is 0.333. The van der Waals surface area contributed by atoms with Gasteiger partial charge in [0.25, 0.3) is 0 Å². The second kappa shape index (κ2) is 4.91. The fourth-order valence-corrected chi connectivity index (χ4v) is 0.946. The molecule has 1 rings (SSSR count). The maximum absolute atomic E-state index is 10.5. The van der Waals surface area contributed by atoms with Crippen LogP contribution in [-0.2, 0) is 0 Å². The van der Waals surface area contributed by atoms with Gasteiger partial charge < -0.3 is 10.0 Å². The van der Waals surface area contributed by atoms with Crippen molar-refractivity contribution in [2.75, 3.05) is 18.5 Å².